The Labute approximate surface area is 171 Å². The third-order valence-corrected chi connectivity index (χ3v) is 4.17. The number of amides is 1. The van der Waals surface area contributed by atoms with Crippen molar-refractivity contribution < 1.29 is 18.8 Å². The average molecular weight is 405 g/mol. The van der Waals surface area contributed by atoms with Gasteiger partial charge >= 0.3 is 0 Å². The maximum atomic E-state index is 12.2. The minimum Gasteiger partial charge on any atom is -0.485 e. The fourth-order valence-electron chi connectivity index (χ4n) is 2.85. The third kappa shape index (κ3) is 4.49. The van der Waals surface area contributed by atoms with Gasteiger partial charge in [0.05, 0.1) is 11.4 Å². The summed E-state index contributed by atoms with van der Waals surface area (Å²) in [4.78, 5) is 28.7. The van der Waals surface area contributed by atoms with Gasteiger partial charge in [0.2, 0.25) is 0 Å². The van der Waals surface area contributed by atoms with Crippen LogP contribution in [0.4, 0.5) is 5.69 Å². The topological polar surface area (TPSA) is 95.1 Å². The summed E-state index contributed by atoms with van der Waals surface area (Å²) < 4.78 is 17.7. The monoisotopic (exact) mass is 405 g/mol. The van der Waals surface area contributed by atoms with Crippen LogP contribution in [0, 0.1) is 6.92 Å². The Morgan fingerprint density at radius 1 is 1.07 bits per heavy atom. The summed E-state index contributed by atoms with van der Waals surface area (Å²) in [5.41, 5.74) is 1.04. The Hall–Kier alpha value is -4.07. The Morgan fingerprint density at radius 3 is 2.67 bits per heavy atom. The Morgan fingerprint density at radius 2 is 1.83 bits per heavy atom. The summed E-state index contributed by atoms with van der Waals surface area (Å²) in [6.07, 6.45) is 0. The molecule has 2 aromatic carbocycles. The number of aromatic nitrogens is 2. The van der Waals surface area contributed by atoms with Gasteiger partial charge in [-0.05, 0) is 31.2 Å². The molecule has 0 radical (unpaired) electrons. The summed E-state index contributed by atoms with van der Waals surface area (Å²) in [6, 6.07) is 19.1. The van der Waals surface area contributed by atoms with Crippen molar-refractivity contribution in [3.63, 3.8) is 0 Å². The standard InChI is InChI=1S/C22H19N3O5/c1-15-11-20-23-16(12-22(27)25(20)30-15)13-29-19-10-6-5-9-18(19)24-21(26)14-28-17-7-3-2-4-8-17/h2-12H,13-14H2,1H3,(H,24,26). The molecular formula is C22H19N3O5. The van der Waals surface area contributed by atoms with E-state index in [1.165, 1.54) is 6.07 Å². The highest BCUT2D eigenvalue weighted by Gasteiger charge is 2.11. The van der Waals surface area contributed by atoms with Crippen molar-refractivity contribution >= 4 is 17.2 Å². The molecule has 0 spiro atoms. The maximum Gasteiger partial charge on any atom is 0.287 e. The van der Waals surface area contributed by atoms with Gasteiger partial charge < -0.3 is 19.3 Å². The lowest BCUT2D eigenvalue weighted by atomic mass is 10.3. The van der Waals surface area contributed by atoms with Crippen LogP contribution >= 0.6 is 0 Å². The molecule has 2 heterocycles. The van der Waals surface area contributed by atoms with Crippen LogP contribution in [-0.2, 0) is 11.4 Å². The van der Waals surface area contributed by atoms with E-state index in [1.807, 2.05) is 18.2 Å². The molecule has 4 aromatic rings. The smallest absolute Gasteiger partial charge is 0.287 e. The van der Waals surface area contributed by atoms with Crippen LogP contribution in [0.5, 0.6) is 11.5 Å². The summed E-state index contributed by atoms with van der Waals surface area (Å²) in [5.74, 6) is 1.33. The molecule has 0 saturated carbocycles. The second kappa shape index (κ2) is 8.52. The number of fused-ring (bicyclic) bond motifs is 1. The van der Waals surface area contributed by atoms with Gasteiger partial charge in [0, 0.05) is 12.1 Å². The van der Waals surface area contributed by atoms with E-state index < -0.39 is 0 Å². The van der Waals surface area contributed by atoms with E-state index in [1.54, 1.807) is 49.4 Å². The molecule has 1 amide bonds. The number of hydrogen-bond donors (Lipinski definition) is 1. The van der Waals surface area contributed by atoms with Gasteiger partial charge in [-0.2, -0.15) is 0 Å². The third-order valence-electron chi connectivity index (χ3n) is 4.17. The average Bonchev–Trinajstić information content (AvgIpc) is 3.13. The SMILES string of the molecule is Cc1cc2nc(COc3ccccc3NC(=O)COc3ccccc3)cc(=O)n2o1. The first-order valence-electron chi connectivity index (χ1n) is 9.27. The van der Waals surface area contributed by atoms with Crippen molar-refractivity contribution in [2.75, 3.05) is 11.9 Å². The quantitative estimate of drug-likeness (QED) is 0.507. The van der Waals surface area contributed by atoms with E-state index in [0.29, 0.717) is 34.3 Å². The fraction of sp³-hybridized carbons (Fsp3) is 0.136. The zero-order chi connectivity index (χ0) is 20.9. The van der Waals surface area contributed by atoms with Crippen molar-refractivity contribution in [2.45, 2.75) is 13.5 Å². The molecule has 0 fully saturated rings. The van der Waals surface area contributed by atoms with Crippen LogP contribution in [0.3, 0.4) is 0 Å². The zero-order valence-electron chi connectivity index (χ0n) is 16.2. The Kier molecular flexibility index (Phi) is 5.47. The van der Waals surface area contributed by atoms with E-state index in [4.69, 9.17) is 14.0 Å². The summed E-state index contributed by atoms with van der Waals surface area (Å²) in [5, 5.41) is 2.77. The number of hydrogen-bond acceptors (Lipinski definition) is 6. The van der Waals surface area contributed by atoms with Crippen LogP contribution in [0.15, 0.2) is 76.0 Å². The molecule has 0 aliphatic heterocycles. The molecule has 0 aliphatic rings. The molecule has 0 saturated heterocycles. The first kappa shape index (κ1) is 19.3. The van der Waals surface area contributed by atoms with E-state index in [9.17, 15) is 9.59 Å². The van der Waals surface area contributed by atoms with Crippen LogP contribution in [-0.4, -0.2) is 22.1 Å². The summed E-state index contributed by atoms with van der Waals surface area (Å²) in [7, 11) is 0. The van der Waals surface area contributed by atoms with Crippen molar-refractivity contribution in [3.8, 4) is 11.5 Å². The number of anilines is 1. The highest BCUT2D eigenvalue weighted by molar-refractivity contribution is 5.93. The van der Waals surface area contributed by atoms with Gasteiger partial charge in [0.1, 0.15) is 23.9 Å². The molecule has 0 unspecified atom stereocenters. The second-order valence-corrected chi connectivity index (χ2v) is 6.52. The highest BCUT2D eigenvalue weighted by Crippen LogP contribution is 2.24. The molecule has 4 rings (SSSR count). The largest absolute Gasteiger partial charge is 0.485 e. The molecule has 2 aromatic heterocycles. The number of benzene rings is 2. The van der Waals surface area contributed by atoms with Crippen LogP contribution in [0.25, 0.3) is 5.65 Å². The number of ether oxygens (including phenoxy) is 2. The van der Waals surface area contributed by atoms with Crippen molar-refractivity contribution in [2.24, 2.45) is 0 Å². The summed E-state index contributed by atoms with van der Waals surface area (Å²) in [6.45, 7) is 1.67. The molecule has 152 valence electrons. The predicted octanol–water partition coefficient (Wildman–Crippen LogP) is 3.19. The number of nitrogens with zero attached hydrogens (tertiary/aromatic N) is 2. The molecular weight excluding hydrogens is 386 g/mol. The molecule has 1 N–H and O–H groups in total. The molecule has 30 heavy (non-hydrogen) atoms. The number of carbonyl (C=O) groups excluding carboxylic acids is 1. The van der Waals surface area contributed by atoms with Crippen LogP contribution in [0.1, 0.15) is 11.5 Å². The lowest BCUT2D eigenvalue weighted by Gasteiger charge is -2.12. The Balaban J connectivity index is 1.42. The minimum absolute atomic E-state index is 0.0589. The van der Waals surface area contributed by atoms with E-state index in [-0.39, 0.29) is 24.7 Å². The number of para-hydroxylation sites is 3. The summed E-state index contributed by atoms with van der Waals surface area (Å²) >= 11 is 0. The van der Waals surface area contributed by atoms with Crippen LogP contribution < -0.4 is 20.3 Å². The molecule has 8 nitrogen and oxygen atoms in total. The van der Waals surface area contributed by atoms with Crippen molar-refractivity contribution in [3.05, 3.63) is 88.5 Å². The first-order chi connectivity index (χ1) is 14.6. The normalized spacial score (nSPS) is 10.7. The lowest BCUT2D eigenvalue weighted by molar-refractivity contribution is -0.118. The van der Waals surface area contributed by atoms with Gasteiger partial charge in [0.15, 0.2) is 12.3 Å². The van der Waals surface area contributed by atoms with E-state index in [2.05, 4.69) is 10.3 Å². The van der Waals surface area contributed by atoms with Gasteiger partial charge in [-0.25, -0.2) is 4.98 Å². The molecule has 0 aliphatic carbocycles. The zero-order valence-corrected chi connectivity index (χ0v) is 16.2. The second-order valence-electron chi connectivity index (χ2n) is 6.52. The number of carbonyl (C=O) groups is 1. The van der Waals surface area contributed by atoms with Crippen LogP contribution in [0.2, 0.25) is 0 Å². The van der Waals surface area contributed by atoms with Gasteiger partial charge in [-0.1, -0.05) is 30.3 Å². The number of rotatable bonds is 7. The van der Waals surface area contributed by atoms with Gasteiger partial charge in [-0.3, -0.25) is 9.59 Å². The van der Waals surface area contributed by atoms with E-state index >= 15 is 0 Å². The maximum absolute atomic E-state index is 12.2. The van der Waals surface area contributed by atoms with Gasteiger partial charge in [-0.15, -0.1) is 4.57 Å². The molecule has 0 bridgehead atoms. The van der Waals surface area contributed by atoms with Crippen molar-refractivity contribution in [1.82, 2.24) is 9.56 Å². The van der Waals surface area contributed by atoms with Crippen molar-refractivity contribution in [1.29, 1.82) is 0 Å². The lowest BCUT2D eigenvalue weighted by Crippen LogP contribution is -2.20. The van der Waals surface area contributed by atoms with E-state index in [0.717, 1.165) is 4.57 Å². The van der Waals surface area contributed by atoms with Gasteiger partial charge in [0.25, 0.3) is 11.5 Å². The minimum atomic E-state index is -0.327. The predicted molar refractivity (Wildman–Crippen MR) is 110 cm³/mol. The number of aryl methyl sites for hydroxylation is 1. The number of nitrogens with one attached hydrogen (secondary N) is 1. The first-order valence-corrected chi connectivity index (χ1v) is 9.27. The Bertz CT molecular complexity index is 1230. The molecule has 8 heteroatoms. The fourth-order valence-corrected chi connectivity index (χ4v) is 2.85. The highest BCUT2D eigenvalue weighted by atomic mass is 16.5. The molecule has 0 atom stereocenters.